The van der Waals surface area contributed by atoms with Crippen LogP contribution in [0.4, 0.5) is 5.82 Å². The molecule has 2 rings (SSSR count). The molecule has 1 fully saturated rings. The lowest BCUT2D eigenvalue weighted by molar-refractivity contribution is 0.0948. The third kappa shape index (κ3) is 3.42. The maximum atomic E-state index is 12.1. The number of carbonyl (C=O) groups is 1. The van der Waals surface area contributed by atoms with E-state index in [4.69, 9.17) is 5.84 Å². The average molecular weight is 263 g/mol. The molecule has 1 aliphatic rings. The number of pyridine rings is 1. The van der Waals surface area contributed by atoms with Gasteiger partial charge < -0.3 is 15.6 Å². The summed E-state index contributed by atoms with van der Waals surface area (Å²) >= 11 is 0. The molecule has 1 aliphatic heterocycles. The van der Waals surface area contributed by atoms with Crippen molar-refractivity contribution in [1.82, 2.24) is 15.2 Å². The van der Waals surface area contributed by atoms with Gasteiger partial charge in [-0.1, -0.05) is 6.92 Å². The highest BCUT2D eigenvalue weighted by atomic mass is 16.1. The van der Waals surface area contributed by atoms with Gasteiger partial charge in [-0.3, -0.25) is 4.79 Å². The lowest BCUT2D eigenvalue weighted by atomic mass is 10.1. The molecule has 1 saturated heterocycles. The first kappa shape index (κ1) is 13.8. The van der Waals surface area contributed by atoms with Crippen LogP contribution in [-0.4, -0.2) is 42.0 Å². The number of nitrogens with two attached hydrogens (primary N) is 1. The van der Waals surface area contributed by atoms with E-state index in [0.29, 0.717) is 23.8 Å². The van der Waals surface area contributed by atoms with E-state index in [1.54, 1.807) is 18.3 Å². The van der Waals surface area contributed by atoms with Gasteiger partial charge in [0, 0.05) is 19.3 Å². The predicted octanol–water partition coefficient (Wildman–Crippen LogP) is 0.439. The Morgan fingerprint density at radius 2 is 2.47 bits per heavy atom. The molecule has 1 amide bonds. The number of rotatable bonds is 5. The molecule has 2 heterocycles. The molecule has 4 N–H and O–H groups in total. The fourth-order valence-electron chi connectivity index (χ4n) is 2.40. The maximum Gasteiger partial charge on any atom is 0.255 e. The summed E-state index contributed by atoms with van der Waals surface area (Å²) in [5.74, 6) is 6.16. The summed E-state index contributed by atoms with van der Waals surface area (Å²) in [6, 6.07) is 3.44. The number of amides is 1. The Morgan fingerprint density at radius 1 is 1.63 bits per heavy atom. The van der Waals surface area contributed by atoms with Crippen molar-refractivity contribution in [1.29, 1.82) is 0 Å². The van der Waals surface area contributed by atoms with E-state index in [1.165, 1.54) is 0 Å². The molecule has 0 bridgehead atoms. The molecule has 0 aromatic carbocycles. The minimum absolute atomic E-state index is 0.129. The third-order valence-electron chi connectivity index (χ3n) is 3.56. The van der Waals surface area contributed by atoms with E-state index in [9.17, 15) is 4.79 Å². The van der Waals surface area contributed by atoms with Gasteiger partial charge in [0.05, 0.1) is 5.56 Å². The normalized spacial score (nSPS) is 19.4. The van der Waals surface area contributed by atoms with Crippen molar-refractivity contribution in [2.75, 3.05) is 31.6 Å². The summed E-state index contributed by atoms with van der Waals surface area (Å²) in [5, 5.41) is 2.96. The van der Waals surface area contributed by atoms with Crippen LogP contribution >= 0.6 is 0 Å². The van der Waals surface area contributed by atoms with Gasteiger partial charge >= 0.3 is 0 Å². The molecule has 6 nitrogen and oxygen atoms in total. The zero-order valence-corrected chi connectivity index (χ0v) is 11.2. The highest BCUT2D eigenvalue weighted by Gasteiger charge is 2.22. The van der Waals surface area contributed by atoms with E-state index in [1.807, 2.05) is 0 Å². The highest BCUT2D eigenvalue weighted by molar-refractivity contribution is 5.98. The van der Waals surface area contributed by atoms with Gasteiger partial charge in [0.2, 0.25) is 0 Å². The molecule has 1 unspecified atom stereocenters. The van der Waals surface area contributed by atoms with E-state index in [0.717, 1.165) is 26.1 Å². The minimum atomic E-state index is -0.129. The standard InChI is InChI=1S/C13H21N5O/c1-2-18-7-5-10(9-18)8-16-13(19)11-4-3-6-15-12(11)17-14/h3-4,6,10H,2,5,7-9,14H2,1H3,(H,15,17)(H,16,19). The van der Waals surface area contributed by atoms with Crippen LogP contribution in [0.15, 0.2) is 18.3 Å². The number of likely N-dealkylation sites (tertiary alicyclic amines) is 1. The number of nitrogen functional groups attached to an aromatic ring is 1. The van der Waals surface area contributed by atoms with Gasteiger partial charge in [0.15, 0.2) is 5.82 Å². The van der Waals surface area contributed by atoms with E-state index >= 15 is 0 Å². The van der Waals surface area contributed by atoms with E-state index in [-0.39, 0.29) is 5.91 Å². The van der Waals surface area contributed by atoms with Gasteiger partial charge in [0.25, 0.3) is 5.91 Å². The molecule has 19 heavy (non-hydrogen) atoms. The summed E-state index contributed by atoms with van der Waals surface area (Å²) in [5.41, 5.74) is 2.92. The number of hydrogen-bond acceptors (Lipinski definition) is 5. The van der Waals surface area contributed by atoms with Crippen molar-refractivity contribution in [2.24, 2.45) is 11.8 Å². The van der Waals surface area contributed by atoms with Crippen LogP contribution in [0, 0.1) is 5.92 Å². The first-order valence-electron chi connectivity index (χ1n) is 6.66. The Morgan fingerprint density at radius 3 is 3.16 bits per heavy atom. The predicted molar refractivity (Wildman–Crippen MR) is 74.6 cm³/mol. The number of hydrogen-bond donors (Lipinski definition) is 3. The van der Waals surface area contributed by atoms with Gasteiger partial charge in [-0.25, -0.2) is 10.8 Å². The number of nitrogens with zero attached hydrogens (tertiary/aromatic N) is 2. The van der Waals surface area contributed by atoms with Gasteiger partial charge in [-0.2, -0.15) is 0 Å². The quantitative estimate of drug-likeness (QED) is 0.530. The van der Waals surface area contributed by atoms with Crippen LogP contribution in [0.2, 0.25) is 0 Å². The summed E-state index contributed by atoms with van der Waals surface area (Å²) in [4.78, 5) is 18.5. The lowest BCUT2D eigenvalue weighted by Crippen LogP contribution is -2.31. The summed E-state index contributed by atoms with van der Waals surface area (Å²) in [6.45, 7) is 6.13. The van der Waals surface area contributed by atoms with Gasteiger partial charge in [0.1, 0.15) is 0 Å². The average Bonchev–Trinajstić information content (AvgIpc) is 2.92. The van der Waals surface area contributed by atoms with Crippen LogP contribution in [0.3, 0.4) is 0 Å². The van der Waals surface area contributed by atoms with Crippen molar-refractivity contribution in [3.8, 4) is 0 Å². The number of aromatic nitrogens is 1. The second kappa shape index (κ2) is 6.49. The van der Waals surface area contributed by atoms with Gasteiger partial charge in [-0.15, -0.1) is 0 Å². The van der Waals surface area contributed by atoms with Crippen molar-refractivity contribution in [3.05, 3.63) is 23.9 Å². The van der Waals surface area contributed by atoms with Crippen molar-refractivity contribution in [2.45, 2.75) is 13.3 Å². The molecule has 6 heteroatoms. The van der Waals surface area contributed by atoms with E-state index < -0.39 is 0 Å². The number of nitrogens with one attached hydrogen (secondary N) is 2. The topological polar surface area (TPSA) is 83.3 Å². The van der Waals surface area contributed by atoms with E-state index in [2.05, 4.69) is 27.6 Å². The van der Waals surface area contributed by atoms with Crippen LogP contribution in [0.25, 0.3) is 0 Å². The summed E-state index contributed by atoms with van der Waals surface area (Å²) < 4.78 is 0. The third-order valence-corrected chi connectivity index (χ3v) is 3.56. The molecule has 1 atom stereocenters. The second-order valence-electron chi connectivity index (χ2n) is 4.80. The summed E-state index contributed by atoms with van der Waals surface area (Å²) in [6.07, 6.45) is 2.74. The Labute approximate surface area is 113 Å². The second-order valence-corrected chi connectivity index (χ2v) is 4.80. The largest absolute Gasteiger partial charge is 0.352 e. The first-order valence-corrected chi connectivity index (χ1v) is 6.66. The minimum Gasteiger partial charge on any atom is -0.352 e. The maximum absolute atomic E-state index is 12.1. The first-order chi connectivity index (χ1) is 9.24. The molecular weight excluding hydrogens is 242 g/mol. The Hall–Kier alpha value is -1.66. The number of carbonyl (C=O) groups excluding carboxylic acids is 1. The monoisotopic (exact) mass is 263 g/mol. The van der Waals surface area contributed by atoms with Crippen LogP contribution in [0.1, 0.15) is 23.7 Å². The lowest BCUT2D eigenvalue weighted by Gasteiger charge is -2.14. The summed E-state index contributed by atoms with van der Waals surface area (Å²) in [7, 11) is 0. The zero-order valence-electron chi connectivity index (χ0n) is 11.2. The molecule has 0 saturated carbocycles. The smallest absolute Gasteiger partial charge is 0.255 e. The SMILES string of the molecule is CCN1CCC(CNC(=O)c2cccnc2NN)C1. The molecule has 0 aliphatic carbocycles. The fraction of sp³-hybridized carbons (Fsp3) is 0.538. The Kier molecular flexibility index (Phi) is 4.70. The number of anilines is 1. The molecule has 0 radical (unpaired) electrons. The number of hydrazine groups is 1. The van der Waals surface area contributed by atoms with Crippen LogP contribution in [-0.2, 0) is 0 Å². The van der Waals surface area contributed by atoms with Crippen molar-refractivity contribution in [3.63, 3.8) is 0 Å². The van der Waals surface area contributed by atoms with Gasteiger partial charge in [-0.05, 0) is 37.6 Å². The molecule has 1 aromatic heterocycles. The van der Waals surface area contributed by atoms with Crippen LogP contribution < -0.4 is 16.6 Å². The van der Waals surface area contributed by atoms with Crippen LogP contribution in [0.5, 0.6) is 0 Å². The molecule has 1 aromatic rings. The fourth-order valence-corrected chi connectivity index (χ4v) is 2.40. The molecule has 104 valence electrons. The Balaban J connectivity index is 1.88. The van der Waals surface area contributed by atoms with Crippen molar-refractivity contribution >= 4 is 11.7 Å². The van der Waals surface area contributed by atoms with Crippen molar-refractivity contribution < 1.29 is 4.79 Å². The Bertz CT molecular complexity index is 437. The zero-order chi connectivity index (χ0) is 13.7. The molecule has 0 spiro atoms. The molecular formula is C13H21N5O. The highest BCUT2D eigenvalue weighted by Crippen LogP contribution is 2.15.